The Bertz CT molecular complexity index is 675. The first kappa shape index (κ1) is 10.7. The Morgan fingerprint density at radius 3 is 3.00 bits per heavy atom. The van der Waals surface area contributed by atoms with Gasteiger partial charge in [0.15, 0.2) is 15.5 Å². The summed E-state index contributed by atoms with van der Waals surface area (Å²) in [6.45, 7) is 1.90. The average molecular weight is 251 g/mol. The fourth-order valence-corrected chi connectivity index (χ4v) is 4.16. The molecule has 1 unspecified atom stereocenters. The van der Waals surface area contributed by atoms with Crippen LogP contribution in [0.3, 0.4) is 0 Å². The molecule has 0 saturated carbocycles. The van der Waals surface area contributed by atoms with Gasteiger partial charge in [-0.15, -0.1) is 0 Å². The maximum atomic E-state index is 11.5. The van der Waals surface area contributed by atoms with Crippen LogP contribution in [-0.2, 0) is 9.84 Å². The van der Waals surface area contributed by atoms with Crippen LogP contribution in [0.5, 0.6) is 0 Å². The summed E-state index contributed by atoms with van der Waals surface area (Å²) in [6.07, 6.45) is 2.37. The van der Waals surface area contributed by atoms with Crippen molar-refractivity contribution in [3.63, 3.8) is 0 Å². The van der Waals surface area contributed by atoms with Gasteiger partial charge in [-0.25, -0.2) is 18.4 Å². The average Bonchev–Trinajstić information content (AvgIpc) is 2.77. The van der Waals surface area contributed by atoms with Gasteiger partial charge in [-0.3, -0.25) is 0 Å². The number of hydrogen-bond donors (Lipinski definition) is 0. The van der Waals surface area contributed by atoms with Crippen LogP contribution < -0.4 is 0 Å². The van der Waals surface area contributed by atoms with Gasteiger partial charge in [0.05, 0.1) is 17.5 Å². The highest BCUT2D eigenvalue weighted by molar-refractivity contribution is 7.91. The molecule has 3 heterocycles. The number of hydrogen-bond acceptors (Lipinski definition) is 4. The SMILES string of the molecule is Cc1nc2cccnc2n1C1CCS(=O)(=O)C1. The maximum Gasteiger partial charge on any atom is 0.160 e. The Labute approximate surface area is 99.4 Å². The molecule has 2 aromatic rings. The second-order valence-corrected chi connectivity index (χ2v) is 6.66. The number of imidazole rings is 1. The van der Waals surface area contributed by atoms with E-state index in [4.69, 9.17) is 0 Å². The summed E-state index contributed by atoms with van der Waals surface area (Å²) in [6, 6.07) is 3.72. The molecule has 2 aromatic heterocycles. The van der Waals surface area contributed by atoms with Crippen molar-refractivity contribution in [1.82, 2.24) is 14.5 Å². The van der Waals surface area contributed by atoms with Gasteiger partial charge in [0.1, 0.15) is 11.3 Å². The molecule has 1 saturated heterocycles. The predicted molar refractivity (Wildman–Crippen MR) is 64.6 cm³/mol. The zero-order valence-corrected chi connectivity index (χ0v) is 10.3. The molecule has 1 aliphatic rings. The van der Waals surface area contributed by atoms with Crippen LogP contribution in [-0.4, -0.2) is 34.5 Å². The van der Waals surface area contributed by atoms with Gasteiger partial charge in [0.25, 0.3) is 0 Å². The van der Waals surface area contributed by atoms with Crippen molar-refractivity contribution in [2.45, 2.75) is 19.4 Å². The summed E-state index contributed by atoms with van der Waals surface area (Å²) < 4.78 is 25.0. The second kappa shape index (κ2) is 3.53. The Kier molecular flexibility index (Phi) is 2.22. The minimum Gasteiger partial charge on any atom is -0.309 e. The van der Waals surface area contributed by atoms with Crippen LogP contribution in [0, 0.1) is 6.92 Å². The molecule has 3 rings (SSSR count). The maximum absolute atomic E-state index is 11.5. The molecule has 90 valence electrons. The fraction of sp³-hybridized carbons (Fsp3) is 0.455. The second-order valence-electron chi connectivity index (χ2n) is 4.43. The van der Waals surface area contributed by atoms with E-state index in [9.17, 15) is 8.42 Å². The monoisotopic (exact) mass is 251 g/mol. The van der Waals surface area contributed by atoms with Crippen molar-refractivity contribution >= 4 is 21.0 Å². The zero-order valence-electron chi connectivity index (χ0n) is 9.50. The summed E-state index contributed by atoms with van der Waals surface area (Å²) >= 11 is 0. The van der Waals surface area contributed by atoms with Crippen LogP contribution in [0.2, 0.25) is 0 Å². The van der Waals surface area contributed by atoms with E-state index in [1.165, 1.54) is 0 Å². The minimum absolute atomic E-state index is 0.0140. The van der Waals surface area contributed by atoms with E-state index in [2.05, 4.69) is 9.97 Å². The first-order chi connectivity index (χ1) is 8.07. The topological polar surface area (TPSA) is 64.8 Å². The van der Waals surface area contributed by atoms with Gasteiger partial charge in [-0.2, -0.15) is 0 Å². The zero-order chi connectivity index (χ0) is 12.0. The number of pyridine rings is 1. The van der Waals surface area contributed by atoms with E-state index < -0.39 is 9.84 Å². The van der Waals surface area contributed by atoms with Gasteiger partial charge in [0.2, 0.25) is 0 Å². The lowest BCUT2D eigenvalue weighted by molar-refractivity contribution is 0.553. The number of aromatic nitrogens is 3. The third-order valence-corrected chi connectivity index (χ3v) is 4.95. The number of nitrogens with zero attached hydrogens (tertiary/aromatic N) is 3. The van der Waals surface area contributed by atoms with Crippen LogP contribution in [0.1, 0.15) is 18.3 Å². The number of aryl methyl sites for hydroxylation is 1. The lowest BCUT2D eigenvalue weighted by Gasteiger charge is -2.12. The summed E-state index contributed by atoms with van der Waals surface area (Å²) in [5.74, 6) is 1.31. The Morgan fingerprint density at radius 2 is 2.29 bits per heavy atom. The van der Waals surface area contributed by atoms with Gasteiger partial charge in [-0.1, -0.05) is 0 Å². The van der Waals surface area contributed by atoms with E-state index in [-0.39, 0.29) is 17.5 Å². The largest absolute Gasteiger partial charge is 0.309 e. The molecule has 0 radical (unpaired) electrons. The van der Waals surface area contributed by atoms with E-state index >= 15 is 0 Å². The van der Waals surface area contributed by atoms with Crippen molar-refractivity contribution in [3.05, 3.63) is 24.2 Å². The highest BCUT2D eigenvalue weighted by Gasteiger charge is 2.31. The third-order valence-electron chi connectivity index (χ3n) is 3.20. The summed E-state index contributed by atoms with van der Waals surface area (Å²) in [5, 5.41) is 0. The van der Waals surface area contributed by atoms with E-state index in [0.29, 0.717) is 6.42 Å². The molecule has 0 aliphatic carbocycles. The fourth-order valence-electron chi connectivity index (χ4n) is 2.46. The van der Waals surface area contributed by atoms with Crippen LogP contribution in [0.4, 0.5) is 0 Å². The smallest absolute Gasteiger partial charge is 0.160 e. The number of rotatable bonds is 1. The molecule has 1 aliphatic heterocycles. The van der Waals surface area contributed by atoms with Gasteiger partial charge < -0.3 is 4.57 Å². The third kappa shape index (κ3) is 1.72. The summed E-state index contributed by atoms with van der Waals surface area (Å²) in [5.41, 5.74) is 1.61. The molecular formula is C11H13N3O2S. The Balaban J connectivity index is 2.15. The molecule has 0 amide bonds. The molecule has 6 heteroatoms. The Hall–Kier alpha value is -1.43. The lowest BCUT2D eigenvalue weighted by Crippen LogP contribution is -2.12. The molecular weight excluding hydrogens is 238 g/mol. The van der Waals surface area contributed by atoms with E-state index in [1.54, 1.807) is 6.20 Å². The molecule has 1 atom stereocenters. The first-order valence-electron chi connectivity index (χ1n) is 5.57. The molecule has 0 bridgehead atoms. The highest BCUT2D eigenvalue weighted by Crippen LogP contribution is 2.28. The standard InChI is InChI=1S/C11H13N3O2S/c1-8-13-10-3-2-5-12-11(10)14(8)9-4-6-17(15,16)7-9/h2-3,5,9H,4,6-7H2,1H3. The molecule has 0 spiro atoms. The van der Waals surface area contributed by atoms with E-state index in [1.807, 2.05) is 23.6 Å². The highest BCUT2D eigenvalue weighted by atomic mass is 32.2. The number of fused-ring (bicyclic) bond motifs is 1. The summed E-state index contributed by atoms with van der Waals surface area (Å²) in [7, 11) is -2.88. The van der Waals surface area contributed by atoms with Gasteiger partial charge >= 0.3 is 0 Å². The minimum atomic E-state index is -2.88. The van der Waals surface area contributed by atoms with Crippen molar-refractivity contribution in [1.29, 1.82) is 0 Å². The van der Waals surface area contributed by atoms with Crippen molar-refractivity contribution in [2.24, 2.45) is 0 Å². The van der Waals surface area contributed by atoms with Crippen LogP contribution in [0.15, 0.2) is 18.3 Å². The molecule has 0 N–H and O–H groups in total. The Morgan fingerprint density at radius 1 is 1.47 bits per heavy atom. The normalized spacial score (nSPS) is 23.2. The van der Waals surface area contributed by atoms with Gasteiger partial charge in [-0.05, 0) is 25.5 Å². The quantitative estimate of drug-likeness (QED) is 0.761. The van der Waals surface area contributed by atoms with Crippen LogP contribution >= 0.6 is 0 Å². The molecule has 0 aromatic carbocycles. The lowest BCUT2D eigenvalue weighted by atomic mass is 10.2. The van der Waals surface area contributed by atoms with Crippen molar-refractivity contribution in [3.8, 4) is 0 Å². The summed E-state index contributed by atoms with van der Waals surface area (Å²) in [4.78, 5) is 8.71. The van der Waals surface area contributed by atoms with Crippen molar-refractivity contribution < 1.29 is 8.42 Å². The van der Waals surface area contributed by atoms with Gasteiger partial charge in [0, 0.05) is 6.20 Å². The predicted octanol–water partition coefficient (Wildman–Crippen LogP) is 1.10. The first-order valence-corrected chi connectivity index (χ1v) is 7.39. The molecule has 1 fully saturated rings. The van der Waals surface area contributed by atoms with E-state index in [0.717, 1.165) is 17.0 Å². The molecule has 17 heavy (non-hydrogen) atoms. The number of sulfone groups is 1. The van der Waals surface area contributed by atoms with Crippen LogP contribution in [0.25, 0.3) is 11.2 Å². The van der Waals surface area contributed by atoms with Crippen molar-refractivity contribution in [2.75, 3.05) is 11.5 Å². The molecule has 5 nitrogen and oxygen atoms in total.